The zero-order chi connectivity index (χ0) is 38.6. The summed E-state index contributed by atoms with van der Waals surface area (Å²) in [6.45, 7) is 17.5. The molecule has 2 rings (SSSR count). The van der Waals surface area contributed by atoms with Gasteiger partial charge in [-0.2, -0.15) is 0 Å². The molecule has 0 spiro atoms. The standard InChI is InChI=1S/C39H65N5O7/c1-13-25(6)34(43(10)39(49)33(24(4)5)42-38(48)32(40-9)23(2)3)30(50-11)22-31(45)44-21-17-20-29(44)36(51-12)26(7)37(47)41-27(8)35(46)28-18-15-14-16-19-28/h14-16,18-19,24-27,29-30,32-36,40,46H,2,13,17,20-22H2,1,3-12H3,(H,41,47)(H,42,48). The molecular weight excluding hydrogens is 650 g/mol. The number of likely N-dealkylation sites (N-methyl/N-ethyl adjacent to an activating group) is 2. The van der Waals surface area contributed by atoms with Crippen LogP contribution < -0.4 is 16.0 Å². The van der Waals surface area contributed by atoms with Crippen molar-refractivity contribution in [1.82, 2.24) is 25.8 Å². The Morgan fingerprint density at radius 1 is 1.02 bits per heavy atom. The fourth-order valence-corrected chi connectivity index (χ4v) is 7.25. The van der Waals surface area contributed by atoms with Gasteiger partial charge in [0.15, 0.2) is 0 Å². The van der Waals surface area contributed by atoms with Crippen molar-refractivity contribution in [1.29, 1.82) is 0 Å². The molecule has 4 amide bonds. The van der Waals surface area contributed by atoms with Crippen LogP contribution in [-0.2, 0) is 28.7 Å². The normalized spacial score (nSPS) is 19.9. The number of rotatable bonds is 20. The highest BCUT2D eigenvalue weighted by Gasteiger charge is 2.43. The van der Waals surface area contributed by atoms with Crippen LogP contribution in [0.3, 0.4) is 0 Å². The summed E-state index contributed by atoms with van der Waals surface area (Å²) in [6.07, 6.45) is 0.0879. The summed E-state index contributed by atoms with van der Waals surface area (Å²) in [5, 5.41) is 19.6. The summed E-state index contributed by atoms with van der Waals surface area (Å²) in [6, 6.07) is 6.39. The number of carbonyl (C=O) groups excluding carboxylic acids is 4. The van der Waals surface area contributed by atoms with E-state index in [4.69, 9.17) is 9.47 Å². The number of hydrogen-bond donors (Lipinski definition) is 4. The Morgan fingerprint density at radius 2 is 1.65 bits per heavy atom. The fraction of sp³-hybridized carbons (Fsp3) is 0.692. The molecule has 1 aliphatic heterocycles. The average molecular weight is 716 g/mol. The lowest BCUT2D eigenvalue weighted by molar-refractivity contribution is -0.147. The minimum atomic E-state index is -0.879. The van der Waals surface area contributed by atoms with Crippen LogP contribution in [0.4, 0.5) is 0 Å². The first-order valence-electron chi connectivity index (χ1n) is 18.3. The Labute approximate surface area is 306 Å². The number of benzene rings is 1. The predicted octanol–water partition coefficient (Wildman–Crippen LogP) is 3.45. The number of aliphatic hydroxyl groups is 1. The second-order valence-electron chi connectivity index (χ2n) is 14.5. The van der Waals surface area contributed by atoms with Crippen LogP contribution in [0.5, 0.6) is 0 Å². The van der Waals surface area contributed by atoms with Crippen molar-refractivity contribution in [3.63, 3.8) is 0 Å². The minimum absolute atomic E-state index is 0.0210. The lowest BCUT2D eigenvalue weighted by atomic mass is 9.89. The summed E-state index contributed by atoms with van der Waals surface area (Å²) >= 11 is 0. The van der Waals surface area contributed by atoms with Gasteiger partial charge in [0.05, 0.1) is 48.8 Å². The van der Waals surface area contributed by atoms with Crippen LogP contribution in [0.1, 0.15) is 85.8 Å². The van der Waals surface area contributed by atoms with Crippen molar-refractivity contribution in [3.8, 4) is 0 Å². The van der Waals surface area contributed by atoms with Gasteiger partial charge in [-0.05, 0) is 51.1 Å². The van der Waals surface area contributed by atoms with Crippen LogP contribution in [0.25, 0.3) is 0 Å². The Balaban J connectivity index is 2.24. The lowest BCUT2D eigenvalue weighted by Crippen LogP contribution is -2.59. The van der Waals surface area contributed by atoms with Gasteiger partial charge in [0.25, 0.3) is 0 Å². The number of likely N-dealkylation sites (tertiary alicyclic amines) is 1. The van der Waals surface area contributed by atoms with Gasteiger partial charge in [-0.3, -0.25) is 19.2 Å². The second-order valence-corrected chi connectivity index (χ2v) is 14.5. The average Bonchev–Trinajstić information content (AvgIpc) is 3.59. The van der Waals surface area contributed by atoms with E-state index in [0.717, 1.165) is 12.8 Å². The molecule has 0 aliphatic carbocycles. The van der Waals surface area contributed by atoms with Crippen molar-refractivity contribution in [3.05, 3.63) is 48.0 Å². The third kappa shape index (κ3) is 11.3. The summed E-state index contributed by atoms with van der Waals surface area (Å²) < 4.78 is 11.9. The molecule has 51 heavy (non-hydrogen) atoms. The van der Waals surface area contributed by atoms with E-state index in [0.29, 0.717) is 24.1 Å². The molecule has 12 nitrogen and oxygen atoms in total. The van der Waals surface area contributed by atoms with Gasteiger partial charge in [0, 0.05) is 27.8 Å². The quantitative estimate of drug-likeness (QED) is 0.150. The maximum Gasteiger partial charge on any atom is 0.245 e. The van der Waals surface area contributed by atoms with Crippen molar-refractivity contribution >= 4 is 23.6 Å². The van der Waals surface area contributed by atoms with E-state index >= 15 is 0 Å². The SMILES string of the molecule is C=C(C)C(NC)C(=O)NC(C(=O)N(C)C(C(C)CC)C(CC(=O)N1CCCC1C(OC)C(C)C(=O)NC(C)C(O)c1ccccc1)OC)C(C)C. The smallest absolute Gasteiger partial charge is 0.245 e. The molecule has 10 atom stereocenters. The van der Waals surface area contributed by atoms with E-state index in [1.54, 1.807) is 58.9 Å². The van der Waals surface area contributed by atoms with Crippen LogP contribution in [0, 0.1) is 17.8 Å². The molecule has 1 fully saturated rings. The van der Waals surface area contributed by atoms with Gasteiger partial charge < -0.3 is 40.3 Å². The molecule has 1 aromatic carbocycles. The Morgan fingerprint density at radius 3 is 2.16 bits per heavy atom. The maximum absolute atomic E-state index is 14.1. The lowest BCUT2D eigenvalue weighted by Gasteiger charge is -2.41. The van der Waals surface area contributed by atoms with Gasteiger partial charge >= 0.3 is 0 Å². The van der Waals surface area contributed by atoms with Crippen molar-refractivity contribution < 1.29 is 33.8 Å². The minimum Gasteiger partial charge on any atom is -0.386 e. The summed E-state index contributed by atoms with van der Waals surface area (Å²) in [5.41, 5.74) is 1.34. The summed E-state index contributed by atoms with van der Waals surface area (Å²) in [5.74, 6) is -1.85. The van der Waals surface area contributed by atoms with Gasteiger partial charge in [-0.1, -0.05) is 83.5 Å². The number of nitrogens with one attached hydrogen (secondary N) is 3. The highest BCUT2D eigenvalue weighted by molar-refractivity contribution is 5.91. The molecule has 0 bridgehead atoms. The van der Waals surface area contributed by atoms with E-state index in [1.165, 1.54) is 0 Å². The molecule has 4 N–H and O–H groups in total. The number of aliphatic hydroxyl groups excluding tert-OH is 1. The number of amides is 4. The predicted molar refractivity (Wildman–Crippen MR) is 200 cm³/mol. The van der Waals surface area contributed by atoms with E-state index in [1.807, 2.05) is 58.0 Å². The van der Waals surface area contributed by atoms with E-state index < -0.39 is 48.4 Å². The van der Waals surface area contributed by atoms with Crippen LogP contribution in [0.2, 0.25) is 0 Å². The molecule has 1 aliphatic rings. The van der Waals surface area contributed by atoms with Gasteiger partial charge in [0.2, 0.25) is 23.6 Å². The summed E-state index contributed by atoms with van der Waals surface area (Å²) in [4.78, 5) is 58.2. The molecule has 1 heterocycles. The maximum atomic E-state index is 14.1. The molecular formula is C39H65N5O7. The Hall–Kier alpha value is -3.32. The number of carbonyl (C=O) groups is 4. The molecule has 1 aromatic rings. The number of methoxy groups -OCH3 is 2. The fourth-order valence-electron chi connectivity index (χ4n) is 7.25. The van der Waals surface area contributed by atoms with Crippen LogP contribution in [-0.4, -0.2) is 116 Å². The number of ether oxygens (including phenoxy) is 2. The first kappa shape index (κ1) is 43.8. The van der Waals surface area contributed by atoms with Crippen LogP contribution in [0.15, 0.2) is 42.5 Å². The summed E-state index contributed by atoms with van der Waals surface area (Å²) in [7, 11) is 6.48. The van der Waals surface area contributed by atoms with E-state index in [-0.39, 0.29) is 47.9 Å². The third-order valence-electron chi connectivity index (χ3n) is 10.5. The van der Waals surface area contributed by atoms with Crippen LogP contribution >= 0.6 is 0 Å². The topological polar surface area (TPSA) is 150 Å². The first-order chi connectivity index (χ1) is 24.0. The highest BCUT2D eigenvalue weighted by Crippen LogP contribution is 2.30. The van der Waals surface area contributed by atoms with E-state index in [9.17, 15) is 24.3 Å². The number of hydrogen-bond acceptors (Lipinski definition) is 8. The Bertz CT molecular complexity index is 1290. The van der Waals surface area contributed by atoms with Crippen molar-refractivity contribution in [2.75, 3.05) is 34.9 Å². The van der Waals surface area contributed by atoms with Gasteiger partial charge in [-0.25, -0.2) is 0 Å². The zero-order valence-corrected chi connectivity index (χ0v) is 32.8. The van der Waals surface area contributed by atoms with Crippen molar-refractivity contribution in [2.24, 2.45) is 17.8 Å². The molecule has 12 heteroatoms. The monoisotopic (exact) mass is 715 g/mol. The second kappa shape index (κ2) is 20.7. The molecule has 288 valence electrons. The molecule has 1 saturated heterocycles. The molecule has 10 unspecified atom stereocenters. The zero-order valence-electron chi connectivity index (χ0n) is 32.8. The van der Waals surface area contributed by atoms with Gasteiger partial charge in [0.1, 0.15) is 12.1 Å². The highest BCUT2D eigenvalue weighted by atomic mass is 16.5. The molecule has 0 radical (unpaired) electrons. The third-order valence-corrected chi connectivity index (χ3v) is 10.5. The first-order valence-corrected chi connectivity index (χ1v) is 18.3. The van der Waals surface area contributed by atoms with Gasteiger partial charge in [-0.15, -0.1) is 0 Å². The number of nitrogens with zero attached hydrogens (tertiary/aromatic N) is 2. The Kier molecular flexibility index (Phi) is 17.8. The van der Waals surface area contributed by atoms with E-state index in [2.05, 4.69) is 22.5 Å². The largest absolute Gasteiger partial charge is 0.386 e. The van der Waals surface area contributed by atoms with Crippen molar-refractivity contribution in [2.45, 2.75) is 123 Å². The molecule has 0 aromatic heterocycles. The molecule has 0 saturated carbocycles.